The maximum atomic E-state index is 12.5. The molecule has 4 nitrogen and oxygen atoms in total. The highest BCUT2D eigenvalue weighted by molar-refractivity contribution is 7.92. The molecule has 1 aliphatic heterocycles. The molecule has 21 heavy (non-hydrogen) atoms. The molecule has 2 aromatic rings. The van der Waals surface area contributed by atoms with E-state index in [1.165, 1.54) is 0 Å². The molecule has 0 radical (unpaired) electrons. The molecule has 3 rings (SSSR count). The zero-order chi connectivity index (χ0) is 15.0. The standard InChI is InChI=1S/C16H18N2O2S/c1-11-3-4-12(2)16(9-11)18-21(19,20)14-5-6-15-13(10-14)7-8-17-15/h3-6,9-10,17-18H,7-8H2,1-2H3. The van der Waals surface area contributed by atoms with E-state index in [9.17, 15) is 8.42 Å². The molecule has 0 fully saturated rings. The summed E-state index contributed by atoms with van der Waals surface area (Å²) < 4.78 is 27.8. The average Bonchev–Trinajstić information content (AvgIpc) is 2.90. The van der Waals surface area contributed by atoms with Gasteiger partial charge in [0.05, 0.1) is 10.6 Å². The first kappa shape index (κ1) is 13.9. The molecule has 0 unspecified atom stereocenters. The zero-order valence-electron chi connectivity index (χ0n) is 12.1. The summed E-state index contributed by atoms with van der Waals surface area (Å²) in [5.74, 6) is 0. The molecule has 0 aromatic heterocycles. The van der Waals surface area contributed by atoms with E-state index in [4.69, 9.17) is 0 Å². The van der Waals surface area contributed by atoms with E-state index in [2.05, 4.69) is 10.0 Å². The van der Waals surface area contributed by atoms with Crippen molar-refractivity contribution >= 4 is 21.4 Å². The number of nitrogens with one attached hydrogen (secondary N) is 2. The Morgan fingerprint density at radius 3 is 2.71 bits per heavy atom. The van der Waals surface area contributed by atoms with Gasteiger partial charge in [0.1, 0.15) is 0 Å². The Balaban J connectivity index is 1.95. The van der Waals surface area contributed by atoms with Crippen molar-refractivity contribution in [1.82, 2.24) is 0 Å². The van der Waals surface area contributed by atoms with E-state index in [1.807, 2.05) is 38.1 Å². The molecule has 0 saturated heterocycles. The lowest BCUT2D eigenvalue weighted by atomic mass is 10.1. The van der Waals surface area contributed by atoms with Gasteiger partial charge in [-0.25, -0.2) is 8.42 Å². The van der Waals surface area contributed by atoms with E-state index in [-0.39, 0.29) is 0 Å². The minimum atomic E-state index is -3.55. The summed E-state index contributed by atoms with van der Waals surface area (Å²) >= 11 is 0. The fraction of sp³-hybridized carbons (Fsp3) is 0.250. The van der Waals surface area contributed by atoms with Crippen LogP contribution in [0.5, 0.6) is 0 Å². The number of hydrogen-bond acceptors (Lipinski definition) is 3. The van der Waals surface area contributed by atoms with Crippen LogP contribution in [0.15, 0.2) is 41.3 Å². The first-order valence-corrected chi connectivity index (χ1v) is 8.41. The number of benzene rings is 2. The third-order valence-corrected chi connectivity index (χ3v) is 5.10. The predicted molar refractivity (Wildman–Crippen MR) is 85.4 cm³/mol. The van der Waals surface area contributed by atoms with Gasteiger partial charge in [-0.1, -0.05) is 12.1 Å². The van der Waals surface area contributed by atoms with Gasteiger partial charge in [0.15, 0.2) is 0 Å². The highest BCUT2D eigenvalue weighted by atomic mass is 32.2. The molecule has 5 heteroatoms. The Morgan fingerprint density at radius 2 is 1.90 bits per heavy atom. The number of rotatable bonds is 3. The largest absolute Gasteiger partial charge is 0.384 e. The second-order valence-electron chi connectivity index (χ2n) is 5.42. The summed E-state index contributed by atoms with van der Waals surface area (Å²) in [5.41, 5.74) is 4.65. The van der Waals surface area contributed by atoms with Crippen LogP contribution in [0, 0.1) is 13.8 Å². The second kappa shape index (κ2) is 5.07. The highest BCUT2D eigenvalue weighted by Crippen LogP contribution is 2.27. The summed E-state index contributed by atoms with van der Waals surface area (Å²) in [6.07, 6.45) is 0.863. The van der Waals surface area contributed by atoms with Crippen LogP contribution in [-0.4, -0.2) is 15.0 Å². The van der Waals surface area contributed by atoms with E-state index in [0.29, 0.717) is 10.6 Å². The molecule has 1 heterocycles. The second-order valence-corrected chi connectivity index (χ2v) is 7.10. The summed E-state index contributed by atoms with van der Waals surface area (Å²) in [5, 5.41) is 3.23. The Hall–Kier alpha value is -2.01. The van der Waals surface area contributed by atoms with Crippen LogP contribution < -0.4 is 10.0 Å². The van der Waals surface area contributed by atoms with Gasteiger partial charge < -0.3 is 5.32 Å². The summed E-state index contributed by atoms with van der Waals surface area (Å²) in [6.45, 7) is 4.70. The number of fused-ring (bicyclic) bond motifs is 1. The molecule has 0 atom stereocenters. The predicted octanol–water partition coefficient (Wildman–Crippen LogP) is 3.07. The van der Waals surface area contributed by atoms with Crippen molar-refractivity contribution in [2.24, 2.45) is 0 Å². The Morgan fingerprint density at radius 1 is 1.10 bits per heavy atom. The molecule has 110 valence electrons. The minimum absolute atomic E-state index is 0.311. The molecule has 0 aliphatic carbocycles. The van der Waals surface area contributed by atoms with Gasteiger partial charge in [-0.2, -0.15) is 0 Å². The SMILES string of the molecule is Cc1ccc(C)c(NS(=O)(=O)c2ccc3c(c2)CCN3)c1. The smallest absolute Gasteiger partial charge is 0.261 e. The summed E-state index contributed by atoms with van der Waals surface area (Å²) in [4.78, 5) is 0.311. The molecule has 0 saturated carbocycles. The van der Waals surface area contributed by atoms with Crippen LogP contribution in [0.2, 0.25) is 0 Å². The normalized spacial score (nSPS) is 13.6. The number of sulfonamides is 1. The topological polar surface area (TPSA) is 58.2 Å². The summed E-state index contributed by atoms with van der Waals surface area (Å²) in [7, 11) is -3.55. The fourth-order valence-electron chi connectivity index (χ4n) is 2.50. The average molecular weight is 302 g/mol. The Kier molecular flexibility index (Phi) is 3.37. The van der Waals surface area contributed by atoms with Gasteiger partial charge in [0.25, 0.3) is 10.0 Å². The number of anilines is 2. The molecule has 0 spiro atoms. The van der Waals surface area contributed by atoms with Gasteiger partial charge in [0, 0.05) is 12.2 Å². The zero-order valence-corrected chi connectivity index (χ0v) is 12.9. The quantitative estimate of drug-likeness (QED) is 0.916. The minimum Gasteiger partial charge on any atom is -0.384 e. The van der Waals surface area contributed by atoms with Crippen LogP contribution in [0.1, 0.15) is 16.7 Å². The lowest BCUT2D eigenvalue weighted by molar-refractivity contribution is 0.601. The monoisotopic (exact) mass is 302 g/mol. The Bertz CT molecular complexity index is 798. The van der Waals surface area contributed by atoms with Crippen molar-refractivity contribution < 1.29 is 8.42 Å². The van der Waals surface area contributed by atoms with E-state index in [1.54, 1.807) is 12.1 Å². The molecule has 0 amide bonds. The van der Waals surface area contributed by atoms with Crippen LogP contribution in [-0.2, 0) is 16.4 Å². The van der Waals surface area contributed by atoms with Crippen molar-refractivity contribution in [2.75, 3.05) is 16.6 Å². The molecule has 1 aliphatic rings. The molecular weight excluding hydrogens is 284 g/mol. The van der Waals surface area contributed by atoms with Crippen LogP contribution in [0.3, 0.4) is 0 Å². The number of aryl methyl sites for hydroxylation is 2. The molecule has 2 aromatic carbocycles. The first-order chi connectivity index (χ1) is 9.95. The maximum absolute atomic E-state index is 12.5. The van der Waals surface area contributed by atoms with Crippen molar-refractivity contribution in [3.05, 3.63) is 53.1 Å². The van der Waals surface area contributed by atoms with Crippen molar-refractivity contribution in [2.45, 2.75) is 25.2 Å². The van der Waals surface area contributed by atoms with Gasteiger partial charge in [0.2, 0.25) is 0 Å². The highest BCUT2D eigenvalue weighted by Gasteiger charge is 2.19. The van der Waals surface area contributed by atoms with Crippen LogP contribution >= 0.6 is 0 Å². The lowest BCUT2D eigenvalue weighted by Gasteiger charge is -2.12. The fourth-order valence-corrected chi connectivity index (χ4v) is 3.67. The lowest BCUT2D eigenvalue weighted by Crippen LogP contribution is -2.14. The van der Waals surface area contributed by atoms with Gasteiger partial charge >= 0.3 is 0 Å². The maximum Gasteiger partial charge on any atom is 0.261 e. The van der Waals surface area contributed by atoms with Gasteiger partial charge in [-0.15, -0.1) is 0 Å². The molecule has 2 N–H and O–H groups in total. The summed E-state index contributed by atoms with van der Waals surface area (Å²) in [6, 6.07) is 11.0. The van der Waals surface area contributed by atoms with Crippen LogP contribution in [0.4, 0.5) is 11.4 Å². The first-order valence-electron chi connectivity index (χ1n) is 6.92. The molecular formula is C16H18N2O2S. The van der Waals surface area contributed by atoms with Crippen molar-refractivity contribution in [3.63, 3.8) is 0 Å². The van der Waals surface area contributed by atoms with Crippen molar-refractivity contribution in [1.29, 1.82) is 0 Å². The van der Waals surface area contributed by atoms with E-state index in [0.717, 1.165) is 35.3 Å². The third-order valence-electron chi connectivity index (χ3n) is 3.73. The number of hydrogen-bond donors (Lipinski definition) is 2. The molecule has 0 bridgehead atoms. The van der Waals surface area contributed by atoms with Gasteiger partial charge in [-0.3, -0.25) is 4.72 Å². The van der Waals surface area contributed by atoms with E-state index < -0.39 is 10.0 Å². The van der Waals surface area contributed by atoms with E-state index >= 15 is 0 Å². The third kappa shape index (κ3) is 2.74. The Labute approximate surface area is 125 Å². The van der Waals surface area contributed by atoms with Crippen molar-refractivity contribution in [3.8, 4) is 0 Å². The van der Waals surface area contributed by atoms with Crippen LogP contribution in [0.25, 0.3) is 0 Å². The van der Waals surface area contributed by atoms with Gasteiger partial charge in [-0.05, 0) is 61.2 Å².